The summed E-state index contributed by atoms with van der Waals surface area (Å²) in [5.74, 6) is -1.68. The number of rotatable bonds is 6. The third-order valence-electron chi connectivity index (χ3n) is 6.46. The molecule has 1 fully saturated rings. The zero-order valence-electron chi connectivity index (χ0n) is 19.1. The number of hydrogen-bond donors (Lipinski definition) is 1. The smallest absolute Gasteiger partial charge is 0.290 e. The Bertz CT molecular complexity index is 1340. The maximum Gasteiger partial charge on any atom is 0.290 e. The molecule has 35 heavy (non-hydrogen) atoms. The number of nitrogens with zero attached hydrogens (tertiary/aromatic N) is 2. The van der Waals surface area contributed by atoms with E-state index >= 15 is 0 Å². The fourth-order valence-corrected chi connectivity index (χ4v) is 4.93. The van der Waals surface area contributed by atoms with Gasteiger partial charge in [0.1, 0.15) is 5.58 Å². The summed E-state index contributed by atoms with van der Waals surface area (Å²) in [5.41, 5.74) is 2.12. The fraction of sp³-hybridized carbons (Fsp3) is 0.308. The van der Waals surface area contributed by atoms with Crippen LogP contribution < -0.4 is 0 Å². The van der Waals surface area contributed by atoms with Crippen molar-refractivity contribution in [3.05, 3.63) is 80.7 Å². The molecule has 0 aliphatic carbocycles. The van der Waals surface area contributed by atoms with Gasteiger partial charge in [0.05, 0.1) is 34.9 Å². The van der Waals surface area contributed by atoms with Crippen LogP contribution in [0, 0.1) is 6.92 Å². The van der Waals surface area contributed by atoms with Crippen LogP contribution in [0.15, 0.2) is 58.2 Å². The Labute approximate surface area is 212 Å². The number of amides is 1. The van der Waals surface area contributed by atoms with Gasteiger partial charge in [-0.05, 0) is 42.8 Å². The molecular formula is C26H24Cl2N2O5. The first-order chi connectivity index (χ1) is 16.8. The summed E-state index contributed by atoms with van der Waals surface area (Å²) in [6.07, 6.45) is 0. The maximum atomic E-state index is 13.7. The number of aliphatic hydroxyl groups excluding tert-OH is 1. The molecule has 1 saturated heterocycles. The lowest BCUT2D eigenvalue weighted by molar-refractivity contribution is -0.129. The third-order valence-corrected chi connectivity index (χ3v) is 7.20. The lowest BCUT2D eigenvalue weighted by Crippen LogP contribution is -2.43. The first-order valence-electron chi connectivity index (χ1n) is 11.4. The second-order valence-electron chi connectivity index (χ2n) is 8.77. The molecule has 1 aromatic heterocycles. The van der Waals surface area contributed by atoms with E-state index in [0.29, 0.717) is 47.5 Å². The zero-order valence-corrected chi connectivity index (χ0v) is 20.6. The normalized spacial score (nSPS) is 19.2. The van der Waals surface area contributed by atoms with Crippen molar-refractivity contribution < 1.29 is 23.8 Å². The number of Topliss-reactive ketones (excluding diaryl/α,β-unsaturated/α-hetero) is 1. The van der Waals surface area contributed by atoms with E-state index in [0.717, 1.165) is 24.0 Å². The number of aliphatic hydroxyl groups is 1. The SMILES string of the molecule is Cc1ccc2oc(C(=O)C3=C(O)C(=O)N(CCN4CCOCC4)C3c3ccc(Cl)c(Cl)c3)cc2c1. The van der Waals surface area contributed by atoms with E-state index in [9.17, 15) is 14.7 Å². The maximum absolute atomic E-state index is 13.7. The minimum absolute atomic E-state index is 0.0360. The molecule has 3 aromatic rings. The Morgan fingerprint density at radius 3 is 2.57 bits per heavy atom. The van der Waals surface area contributed by atoms with Crippen LogP contribution in [0.1, 0.15) is 27.7 Å². The van der Waals surface area contributed by atoms with Crippen molar-refractivity contribution in [2.24, 2.45) is 0 Å². The van der Waals surface area contributed by atoms with Gasteiger partial charge in [-0.1, -0.05) is 40.9 Å². The van der Waals surface area contributed by atoms with E-state index in [1.54, 1.807) is 30.3 Å². The number of ketones is 1. The van der Waals surface area contributed by atoms with Crippen molar-refractivity contribution in [3.63, 3.8) is 0 Å². The highest BCUT2D eigenvalue weighted by Crippen LogP contribution is 2.41. The molecule has 7 nitrogen and oxygen atoms in total. The Morgan fingerprint density at radius 2 is 1.83 bits per heavy atom. The largest absolute Gasteiger partial charge is 0.503 e. The second kappa shape index (κ2) is 9.66. The molecule has 1 atom stereocenters. The molecule has 0 radical (unpaired) electrons. The molecular weight excluding hydrogens is 491 g/mol. The molecule has 3 heterocycles. The monoisotopic (exact) mass is 514 g/mol. The number of hydrogen-bond acceptors (Lipinski definition) is 6. The molecule has 9 heteroatoms. The number of carbonyl (C=O) groups excluding carboxylic acids is 2. The minimum Gasteiger partial charge on any atom is -0.503 e. The van der Waals surface area contributed by atoms with Gasteiger partial charge < -0.3 is 19.2 Å². The highest BCUT2D eigenvalue weighted by Gasteiger charge is 2.44. The van der Waals surface area contributed by atoms with E-state index < -0.39 is 23.5 Å². The van der Waals surface area contributed by atoms with E-state index in [4.69, 9.17) is 32.4 Å². The van der Waals surface area contributed by atoms with Crippen molar-refractivity contribution in [1.82, 2.24) is 9.80 Å². The first kappa shape index (κ1) is 23.9. The number of ether oxygens (including phenoxy) is 1. The number of furan rings is 1. The van der Waals surface area contributed by atoms with Crippen molar-refractivity contribution in [1.29, 1.82) is 0 Å². The number of morpholine rings is 1. The van der Waals surface area contributed by atoms with Crippen LogP contribution in [0.5, 0.6) is 0 Å². The van der Waals surface area contributed by atoms with Gasteiger partial charge in [-0.3, -0.25) is 14.5 Å². The summed E-state index contributed by atoms with van der Waals surface area (Å²) in [5, 5.41) is 12.3. The van der Waals surface area contributed by atoms with Crippen LogP contribution in [-0.4, -0.2) is 66.0 Å². The topological polar surface area (TPSA) is 83.2 Å². The van der Waals surface area contributed by atoms with Crippen LogP contribution in [0.2, 0.25) is 10.0 Å². The third kappa shape index (κ3) is 4.57. The van der Waals surface area contributed by atoms with Crippen molar-refractivity contribution >= 4 is 45.9 Å². The number of aryl methyl sites for hydroxylation is 1. The van der Waals surface area contributed by atoms with Gasteiger partial charge >= 0.3 is 0 Å². The Balaban J connectivity index is 1.52. The molecule has 5 rings (SSSR count). The molecule has 1 unspecified atom stereocenters. The Hall–Kier alpha value is -2.84. The zero-order chi connectivity index (χ0) is 24.7. The molecule has 0 saturated carbocycles. The van der Waals surface area contributed by atoms with E-state index in [1.807, 2.05) is 19.1 Å². The van der Waals surface area contributed by atoms with E-state index in [1.165, 1.54) is 4.90 Å². The Morgan fingerprint density at radius 1 is 1.06 bits per heavy atom. The molecule has 182 valence electrons. The van der Waals surface area contributed by atoms with E-state index in [-0.39, 0.29) is 11.3 Å². The standard InChI is InChI=1S/C26H24Cl2N2O5/c1-15-2-5-20-17(12-15)14-21(35-20)24(31)22-23(16-3-4-18(27)19(28)13-16)30(26(33)25(22)32)7-6-29-8-10-34-11-9-29/h2-5,12-14,23,32H,6-11H2,1H3. The average Bonchev–Trinajstić information content (AvgIpc) is 3.38. The molecule has 2 aromatic carbocycles. The summed E-state index contributed by atoms with van der Waals surface area (Å²) in [6.45, 7) is 5.60. The molecule has 1 amide bonds. The fourth-order valence-electron chi connectivity index (χ4n) is 4.63. The van der Waals surface area contributed by atoms with Gasteiger partial charge in [-0.2, -0.15) is 0 Å². The van der Waals surface area contributed by atoms with Crippen LogP contribution >= 0.6 is 23.2 Å². The summed E-state index contributed by atoms with van der Waals surface area (Å²) in [4.78, 5) is 30.6. The highest BCUT2D eigenvalue weighted by molar-refractivity contribution is 6.42. The number of halogens is 2. The highest BCUT2D eigenvalue weighted by atomic mass is 35.5. The van der Waals surface area contributed by atoms with Crippen molar-refractivity contribution in [2.45, 2.75) is 13.0 Å². The van der Waals surface area contributed by atoms with Crippen molar-refractivity contribution in [3.8, 4) is 0 Å². The van der Waals surface area contributed by atoms with Crippen LogP contribution in [0.4, 0.5) is 0 Å². The quantitative estimate of drug-likeness (QED) is 0.468. The molecule has 0 bridgehead atoms. The van der Waals surface area contributed by atoms with Gasteiger partial charge in [0, 0.05) is 31.6 Å². The Kier molecular flexibility index (Phi) is 6.59. The predicted octanol–water partition coefficient (Wildman–Crippen LogP) is 4.96. The van der Waals surface area contributed by atoms with Gasteiger partial charge in [0.2, 0.25) is 5.78 Å². The molecule has 1 N–H and O–H groups in total. The van der Waals surface area contributed by atoms with Gasteiger partial charge in [0.25, 0.3) is 5.91 Å². The van der Waals surface area contributed by atoms with Crippen LogP contribution in [-0.2, 0) is 9.53 Å². The average molecular weight is 515 g/mol. The number of fused-ring (bicyclic) bond motifs is 1. The molecule has 2 aliphatic heterocycles. The molecule has 0 spiro atoms. The van der Waals surface area contributed by atoms with Crippen LogP contribution in [0.3, 0.4) is 0 Å². The summed E-state index contributed by atoms with van der Waals surface area (Å²) in [6, 6.07) is 11.3. The number of carbonyl (C=O) groups is 2. The van der Waals surface area contributed by atoms with Gasteiger partial charge in [0.15, 0.2) is 11.5 Å². The lowest BCUT2D eigenvalue weighted by Gasteiger charge is -2.31. The summed E-state index contributed by atoms with van der Waals surface area (Å²) < 4.78 is 11.2. The summed E-state index contributed by atoms with van der Waals surface area (Å²) >= 11 is 12.4. The van der Waals surface area contributed by atoms with Crippen LogP contribution in [0.25, 0.3) is 11.0 Å². The van der Waals surface area contributed by atoms with Gasteiger partial charge in [-0.15, -0.1) is 0 Å². The molecule has 2 aliphatic rings. The van der Waals surface area contributed by atoms with Gasteiger partial charge in [-0.25, -0.2) is 0 Å². The summed E-state index contributed by atoms with van der Waals surface area (Å²) in [7, 11) is 0. The van der Waals surface area contributed by atoms with Crippen molar-refractivity contribution in [2.75, 3.05) is 39.4 Å². The first-order valence-corrected chi connectivity index (χ1v) is 12.1. The minimum atomic E-state index is -0.833. The van der Waals surface area contributed by atoms with E-state index in [2.05, 4.69) is 4.90 Å². The number of benzene rings is 2. The second-order valence-corrected chi connectivity index (χ2v) is 9.59. The predicted molar refractivity (Wildman–Crippen MR) is 133 cm³/mol. The lowest BCUT2D eigenvalue weighted by atomic mass is 9.95.